The van der Waals surface area contributed by atoms with Crippen molar-refractivity contribution in [3.05, 3.63) is 137 Å². The predicted octanol–water partition coefficient (Wildman–Crippen LogP) is 15.4. The van der Waals surface area contributed by atoms with E-state index in [9.17, 15) is 4.79 Å². The summed E-state index contributed by atoms with van der Waals surface area (Å²) < 4.78 is 0. The van der Waals surface area contributed by atoms with Crippen molar-refractivity contribution in [3.8, 4) is 11.1 Å². The first-order valence-corrected chi connectivity index (χ1v) is 19.7. The van der Waals surface area contributed by atoms with Gasteiger partial charge in [0.15, 0.2) is 0 Å². The van der Waals surface area contributed by atoms with E-state index < -0.39 is 5.91 Å². The van der Waals surface area contributed by atoms with Crippen LogP contribution in [0.3, 0.4) is 0 Å². The van der Waals surface area contributed by atoms with Gasteiger partial charge in [-0.15, -0.1) is 0 Å². The maximum atomic E-state index is 11.0. The number of primary amides is 1. The van der Waals surface area contributed by atoms with Crippen molar-refractivity contribution in [2.75, 3.05) is 0 Å². The van der Waals surface area contributed by atoms with Crippen molar-refractivity contribution >= 4 is 16.7 Å². The van der Waals surface area contributed by atoms with Crippen LogP contribution in [0.15, 0.2) is 109 Å². The van der Waals surface area contributed by atoms with E-state index in [1.165, 1.54) is 40.3 Å². The number of hydrogen-bond acceptors (Lipinski definition) is 2. The standard InChI is InChI=1S/C13H12N2O.C11H10.C10H12.7C2H6/c1-9-3-2-4-10(7-9)11-5-6-15-12(8-11)13(14)16;1-9-5-4-7-10-6-2-3-8-11(9)10;1-8-3-2-4-10(7-8)9-5-6-9;7*1-2/h2-8H,1H3,(H2,14,16);2-8H,1H3;2-4,7,9H,5-6H2,1H3;7*1-2H3. The Balaban J connectivity index is -0.000000281. The van der Waals surface area contributed by atoms with Gasteiger partial charge in [0, 0.05) is 6.20 Å². The molecule has 0 aliphatic heterocycles. The number of aromatic nitrogens is 1. The van der Waals surface area contributed by atoms with Gasteiger partial charge in [0.1, 0.15) is 5.69 Å². The molecule has 0 spiro atoms. The number of benzene rings is 4. The number of hydrogen-bond donors (Lipinski definition) is 1. The fourth-order valence-electron chi connectivity index (χ4n) is 4.30. The fraction of sp³-hybridized carbons (Fsp3) is 0.417. The molecule has 0 unspecified atom stereocenters. The number of fused-ring (bicyclic) bond motifs is 1. The minimum atomic E-state index is -0.505. The number of nitrogens with two attached hydrogens (primary N) is 1. The SMILES string of the molecule is CC.CC.CC.CC.CC.CC.CC.Cc1cccc(-c2ccnc(C(N)=O)c2)c1.Cc1cccc(C2CC2)c1.Cc1cccc2ccccc12. The zero-order valence-electron chi connectivity index (χ0n) is 35.8. The molecule has 2 N–H and O–H groups in total. The molecule has 4 aromatic carbocycles. The van der Waals surface area contributed by atoms with Gasteiger partial charge in [0.05, 0.1) is 0 Å². The molecule has 1 fully saturated rings. The third-order valence-electron chi connectivity index (χ3n) is 6.46. The second-order valence-corrected chi connectivity index (χ2v) is 9.65. The lowest BCUT2D eigenvalue weighted by Gasteiger charge is -2.03. The van der Waals surface area contributed by atoms with Crippen LogP contribution in [0.2, 0.25) is 0 Å². The summed E-state index contributed by atoms with van der Waals surface area (Å²) in [6.07, 6.45) is 4.41. The van der Waals surface area contributed by atoms with Gasteiger partial charge in [0.2, 0.25) is 0 Å². The average Bonchev–Trinajstić information content (AvgIpc) is 4.08. The average molecular weight is 697 g/mol. The molecule has 6 rings (SSSR count). The van der Waals surface area contributed by atoms with Crippen LogP contribution in [0.1, 0.15) is 148 Å². The van der Waals surface area contributed by atoms with Gasteiger partial charge in [-0.3, -0.25) is 9.78 Å². The van der Waals surface area contributed by atoms with Crippen molar-refractivity contribution < 1.29 is 4.79 Å². The van der Waals surface area contributed by atoms with E-state index in [-0.39, 0.29) is 0 Å². The van der Waals surface area contributed by atoms with Crippen molar-refractivity contribution in [3.63, 3.8) is 0 Å². The van der Waals surface area contributed by atoms with Gasteiger partial charge in [-0.1, -0.05) is 199 Å². The van der Waals surface area contributed by atoms with Crippen LogP contribution in [0.4, 0.5) is 0 Å². The highest BCUT2D eigenvalue weighted by Gasteiger charge is 2.22. The van der Waals surface area contributed by atoms with Gasteiger partial charge in [-0.05, 0) is 84.7 Å². The van der Waals surface area contributed by atoms with Gasteiger partial charge in [-0.2, -0.15) is 0 Å². The minimum Gasteiger partial charge on any atom is -0.364 e. The van der Waals surface area contributed by atoms with E-state index in [0.717, 1.165) is 17.0 Å². The summed E-state index contributed by atoms with van der Waals surface area (Å²) in [6.45, 7) is 34.3. The Bertz CT molecular complexity index is 1500. The zero-order valence-corrected chi connectivity index (χ0v) is 35.8. The van der Waals surface area contributed by atoms with Crippen molar-refractivity contribution in [2.45, 2.75) is 136 Å². The van der Waals surface area contributed by atoms with Gasteiger partial charge < -0.3 is 5.73 Å². The number of amides is 1. The van der Waals surface area contributed by atoms with E-state index in [0.29, 0.717) is 5.69 Å². The van der Waals surface area contributed by atoms with Crippen molar-refractivity contribution in [2.24, 2.45) is 5.73 Å². The number of nitrogens with zero attached hydrogens (tertiary/aromatic N) is 1. The molecule has 1 aliphatic carbocycles. The lowest BCUT2D eigenvalue weighted by atomic mass is 10.0. The van der Waals surface area contributed by atoms with Crippen LogP contribution in [-0.4, -0.2) is 10.9 Å². The predicted molar refractivity (Wildman–Crippen MR) is 234 cm³/mol. The van der Waals surface area contributed by atoms with Gasteiger partial charge >= 0.3 is 0 Å². The molecular weight excluding hydrogens is 621 g/mol. The summed E-state index contributed by atoms with van der Waals surface area (Å²) in [4.78, 5) is 14.9. The third kappa shape index (κ3) is 23.0. The Hall–Kier alpha value is -4.24. The minimum absolute atomic E-state index is 0.291. The highest BCUT2D eigenvalue weighted by molar-refractivity contribution is 5.92. The number of carbonyl (C=O) groups excluding carboxylic acids is 1. The second-order valence-electron chi connectivity index (χ2n) is 9.65. The lowest BCUT2D eigenvalue weighted by Crippen LogP contribution is -2.12. The number of pyridine rings is 1. The van der Waals surface area contributed by atoms with Crippen LogP contribution in [0.25, 0.3) is 21.9 Å². The first-order chi connectivity index (χ1) is 24.9. The van der Waals surface area contributed by atoms with E-state index in [1.807, 2.05) is 128 Å². The van der Waals surface area contributed by atoms with Crippen LogP contribution in [0.5, 0.6) is 0 Å². The highest BCUT2D eigenvalue weighted by atomic mass is 16.1. The topological polar surface area (TPSA) is 56.0 Å². The Morgan fingerprint density at radius 1 is 0.549 bits per heavy atom. The zero-order chi connectivity index (χ0) is 40.2. The van der Waals surface area contributed by atoms with Gasteiger partial charge in [-0.25, -0.2) is 0 Å². The molecule has 0 saturated heterocycles. The fourth-order valence-corrected chi connectivity index (χ4v) is 4.30. The van der Waals surface area contributed by atoms with E-state index in [1.54, 1.807) is 17.8 Å². The summed E-state index contributed by atoms with van der Waals surface area (Å²) >= 11 is 0. The molecule has 284 valence electrons. The largest absolute Gasteiger partial charge is 0.364 e. The molecule has 1 amide bonds. The molecular formula is C48H76N2O. The van der Waals surface area contributed by atoms with E-state index >= 15 is 0 Å². The Morgan fingerprint density at radius 3 is 1.51 bits per heavy atom. The highest BCUT2D eigenvalue weighted by Crippen LogP contribution is 2.40. The molecule has 1 aromatic heterocycles. The maximum absolute atomic E-state index is 11.0. The Morgan fingerprint density at radius 2 is 1.02 bits per heavy atom. The molecule has 0 atom stereocenters. The maximum Gasteiger partial charge on any atom is 0.267 e. The summed E-state index contributed by atoms with van der Waals surface area (Å²) in [7, 11) is 0. The smallest absolute Gasteiger partial charge is 0.267 e. The summed E-state index contributed by atoms with van der Waals surface area (Å²) in [5.74, 6) is 0.398. The van der Waals surface area contributed by atoms with Crippen LogP contribution >= 0.6 is 0 Å². The molecule has 51 heavy (non-hydrogen) atoms. The van der Waals surface area contributed by atoms with Crippen LogP contribution in [0, 0.1) is 20.8 Å². The molecule has 5 aromatic rings. The van der Waals surface area contributed by atoms with Crippen molar-refractivity contribution in [1.29, 1.82) is 0 Å². The quantitative estimate of drug-likeness (QED) is 0.204. The lowest BCUT2D eigenvalue weighted by molar-refractivity contribution is 0.0995. The Labute approximate surface area is 316 Å². The van der Waals surface area contributed by atoms with E-state index in [2.05, 4.69) is 91.6 Å². The van der Waals surface area contributed by atoms with E-state index in [4.69, 9.17) is 5.73 Å². The molecule has 0 bridgehead atoms. The van der Waals surface area contributed by atoms with Crippen LogP contribution in [-0.2, 0) is 0 Å². The first kappa shape index (κ1) is 53.6. The number of carbonyl (C=O) groups is 1. The normalized spacial score (nSPS) is 9.59. The molecule has 1 saturated carbocycles. The monoisotopic (exact) mass is 697 g/mol. The summed E-state index contributed by atoms with van der Waals surface area (Å²) in [6, 6.07) is 35.3. The summed E-state index contributed by atoms with van der Waals surface area (Å²) in [5.41, 5.74) is 13.0. The van der Waals surface area contributed by atoms with Gasteiger partial charge in [0.25, 0.3) is 5.91 Å². The summed E-state index contributed by atoms with van der Waals surface area (Å²) in [5, 5.41) is 2.68. The molecule has 0 radical (unpaired) electrons. The number of aryl methyl sites for hydroxylation is 3. The Kier molecular flexibility index (Phi) is 38.9. The number of rotatable bonds is 3. The van der Waals surface area contributed by atoms with Crippen molar-refractivity contribution in [1.82, 2.24) is 4.98 Å². The molecule has 3 nitrogen and oxygen atoms in total. The molecule has 3 heteroatoms. The second kappa shape index (κ2) is 37.0. The third-order valence-corrected chi connectivity index (χ3v) is 6.46. The first-order valence-electron chi connectivity index (χ1n) is 19.7. The molecule has 1 aliphatic rings. The molecule has 1 heterocycles. The van der Waals surface area contributed by atoms with Crippen LogP contribution < -0.4 is 5.73 Å².